The van der Waals surface area contributed by atoms with Gasteiger partial charge in [-0.1, -0.05) is 115 Å². The van der Waals surface area contributed by atoms with Crippen LogP contribution in [0.25, 0.3) is 65.7 Å². The first-order valence-corrected chi connectivity index (χ1v) is 13.6. The Bertz CT molecular complexity index is 1950. The zero-order valence-corrected chi connectivity index (χ0v) is 21.9. The van der Waals surface area contributed by atoms with Crippen LogP contribution in [0, 0.1) is 0 Å². The summed E-state index contributed by atoms with van der Waals surface area (Å²) in [4.78, 5) is 0. The van der Waals surface area contributed by atoms with Crippen LogP contribution in [-0.2, 0) is 0 Å². The molecule has 0 atom stereocenters. The van der Waals surface area contributed by atoms with Crippen molar-refractivity contribution < 1.29 is 4.74 Å². The summed E-state index contributed by atoms with van der Waals surface area (Å²) in [6.07, 6.45) is 0. The van der Waals surface area contributed by atoms with Crippen LogP contribution in [0.1, 0.15) is 6.92 Å². The van der Waals surface area contributed by atoms with Crippen LogP contribution in [-0.4, -0.2) is 6.61 Å². The average Bonchev–Trinajstić information content (AvgIpc) is 3.00. The zero-order chi connectivity index (χ0) is 26.2. The largest absolute Gasteiger partial charge is 0.494 e. The lowest BCUT2D eigenvalue weighted by Gasteiger charge is -2.19. The molecule has 39 heavy (non-hydrogen) atoms. The van der Waals surface area contributed by atoms with E-state index in [1.807, 2.05) is 6.92 Å². The highest BCUT2D eigenvalue weighted by molar-refractivity contribution is 6.22. The number of hydrogen-bond donors (Lipinski definition) is 0. The minimum absolute atomic E-state index is 0.659. The molecule has 1 heteroatoms. The molecule has 7 aromatic carbocycles. The highest BCUT2D eigenvalue weighted by Crippen LogP contribution is 2.45. The molecule has 0 amide bonds. The van der Waals surface area contributed by atoms with E-state index in [9.17, 15) is 0 Å². The molecule has 0 N–H and O–H groups in total. The van der Waals surface area contributed by atoms with Gasteiger partial charge in [0.05, 0.1) is 6.61 Å². The Morgan fingerprint density at radius 2 is 1.00 bits per heavy atom. The fraction of sp³-hybridized carbons (Fsp3) is 0.0526. The molecular formula is C38H28O. The van der Waals surface area contributed by atoms with Gasteiger partial charge >= 0.3 is 0 Å². The second-order valence-electron chi connectivity index (χ2n) is 9.94. The predicted octanol–water partition coefficient (Wildman–Crippen LogP) is 10.5. The lowest BCUT2D eigenvalue weighted by molar-refractivity contribution is 0.340. The third-order valence-electron chi connectivity index (χ3n) is 7.62. The first-order valence-electron chi connectivity index (χ1n) is 13.6. The van der Waals surface area contributed by atoms with Gasteiger partial charge in [0.25, 0.3) is 0 Å². The van der Waals surface area contributed by atoms with Gasteiger partial charge in [-0.2, -0.15) is 0 Å². The van der Waals surface area contributed by atoms with Crippen LogP contribution in [0.2, 0.25) is 0 Å². The molecule has 0 heterocycles. The summed E-state index contributed by atoms with van der Waals surface area (Å²) in [5.74, 6) is 0.896. The maximum Gasteiger partial charge on any atom is 0.119 e. The Labute approximate surface area is 228 Å². The van der Waals surface area contributed by atoms with Crippen molar-refractivity contribution in [1.82, 2.24) is 0 Å². The monoisotopic (exact) mass is 500 g/mol. The number of hydrogen-bond acceptors (Lipinski definition) is 1. The molecule has 0 saturated carbocycles. The lowest BCUT2D eigenvalue weighted by Crippen LogP contribution is -1.93. The molecule has 186 valence electrons. The molecule has 0 fully saturated rings. The molecule has 0 aliphatic heterocycles. The van der Waals surface area contributed by atoms with Crippen LogP contribution < -0.4 is 4.74 Å². The summed E-state index contributed by atoms with van der Waals surface area (Å²) < 4.78 is 5.76. The molecule has 0 aliphatic carbocycles. The highest BCUT2D eigenvalue weighted by atomic mass is 16.5. The van der Waals surface area contributed by atoms with Crippen molar-refractivity contribution in [2.45, 2.75) is 6.92 Å². The highest BCUT2D eigenvalue weighted by Gasteiger charge is 2.18. The van der Waals surface area contributed by atoms with Crippen molar-refractivity contribution in [3.05, 3.63) is 140 Å². The zero-order valence-electron chi connectivity index (χ0n) is 21.9. The van der Waals surface area contributed by atoms with Gasteiger partial charge < -0.3 is 4.74 Å². The molecule has 7 rings (SSSR count). The van der Waals surface area contributed by atoms with Crippen LogP contribution in [0.4, 0.5) is 0 Å². The van der Waals surface area contributed by atoms with Gasteiger partial charge in [0.2, 0.25) is 0 Å². The molecular weight excluding hydrogens is 472 g/mol. The molecule has 7 aromatic rings. The molecule has 0 saturated heterocycles. The molecule has 0 radical (unpaired) electrons. The first kappa shape index (κ1) is 23.3. The normalized spacial score (nSPS) is 11.3. The summed E-state index contributed by atoms with van der Waals surface area (Å²) in [5, 5.41) is 7.53. The molecule has 0 unspecified atom stereocenters. The third-order valence-corrected chi connectivity index (χ3v) is 7.62. The minimum atomic E-state index is 0.659. The minimum Gasteiger partial charge on any atom is -0.494 e. The quantitative estimate of drug-likeness (QED) is 0.214. The fourth-order valence-corrected chi connectivity index (χ4v) is 5.84. The molecule has 0 aliphatic rings. The van der Waals surface area contributed by atoms with E-state index >= 15 is 0 Å². The van der Waals surface area contributed by atoms with E-state index < -0.39 is 0 Å². The van der Waals surface area contributed by atoms with Crippen molar-refractivity contribution in [3.63, 3.8) is 0 Å². The van der Waals surface area contributed by atoms with E-state index in [1.165, 1.54) is 65.7 Å². The van der Waals surface area contributed by atoms with E-state index in [4.69, 9.17) is 4.74 Å². The van der Waals surface area contributed by atoms with Gasteiger partial charge in [0.15, 0.2) is 0 Å². The van der Waals surface area contributed by atoms with Crippen LogP contribution in [0.3, 0.4) is 0 Å². The average molecular weight is 501 g/mol. The van der Waals surface area contributed by atoms with E-state index in [0.717, 1.165) is 5.75 Å². The molecule has 0 spiro atoms. The summed E-state index contributed by atoms with van der Waals surface area (Å²) in [6, 6.07) is 50.4. The van der Waals surface area contributed by atoms with Crippen LogP contribution in [0.5, 0.6) is 5.75 Å². The fourth-order valence-electron chi connectivity index (χ4n) is 5.84. The maximum atomic E-state index is 5.76. The van der Waals surface area contributed by atoms with Gasteiger partial charge in [0.1, 0.15) is 5.75 Å². The van der Waals surface area contributed by atoms with Crippen molar-refractivity contribution in [2.24, 2.45) is 0 Å². The Hall–Kier alpha value is -4.88. The molecule has 1 nitrogen and oxygen atoms in total. The Morgan fingerprint density at radius 3 is 1.74 bits per heavy atom. The summed E-state index contributed by atoms with van der Waals surface area (Å²) >= 11 is 0. The topological polar surface area (TPSA) is 9.23 Å². The summed E-state index contributed by atoms with van der Waals surface area (Å²) in [6.45, 7) is 2.68. The summed E-state index contributed by atoms with van der Waals surface area (Å²) in [7, 11) is 0. The van der Waals surface area contributed by atoms with Gasteiger partial charge in [-0.3, -0.25) is 0 Å². The number of ether oxygens (including phenoxy) is 1. The standard InChI is InChI=1S/C38H28O/c1-2-39-32-21-18-28(19-22-32)37-33-14-8-9-15-34(33)38(31-17-16-27-12-6-7-13-29(27)24-31)35-23-20-30(25-36(35)37)26-10-4-3-5-11-26/h3-25H,2H2,1H3. The molecule has 0 aromatic heterocycles. The molecule has 0 bridgehead atoms. The van der Waals surface area contributed by atoms with E-state index in [-0.39, 0.29) is 0 Å². The Morgan fingerprint density at radius 1 is 0.410 bits per heavy atom. The Kier molecular flexibility index (Phi) is 5.83. The van der Waals surface area contributed by atoms with Gasteiger partial charge in [0, 0.05) is 0 Å². The SMILES string of the molecule is CCOc1ccc(-c2c3ccccc3c(-c3ccc4ccccc4c3)c3ccc(-c4ccccc4)cc23)cc1. The van der Waals surface area contributed by atoms with Crippen molar-refractivity contribution in [2.75, 3.05) is 6.61 Å². The van der Waals surface area contributed by atoms with E-state index in [2.05, 4.69) is 140 Å². The predicted molar refractivity (Wildman–Crippen MR) is 166 cm³/mol. The maximum absolute atomic E-state index is 5.76. The van der Waals surface area contributed by atoms with Crippen molar-refractivity contribution in [1.29, 1.82) is 0 Å². The number of rotatable bonds is 5. The van der Waals surface area contributed by atoms with Crippen LogP contribution >= 0.6 is 0 Å². The van der Waals surface area contributed by atoms with Crippen molar-refractivity contribution in [3.8, 4) is 39.1 Å². The smallest absolute Gasteiger partial charge is 0.119 e. The van der Waals surface area contributed by atoms with Crippen LogP contribution in [0.15, 0.2) is 140 Å². The van der Waals surface area contributed by atoms with Gasteiger partial charge in [-0.15, -0.1) is 0 Å². The number of fused-ring (bicyclic) bond motifs is 3. The summed E-state index contributed by atoms with van der Waals surface area (Å²) in [5.41, 5.74) is 7.40. The Balaban J connectivity index is 1.58. The van der Waals surface area contributed by atoms with Gasteiger partial charge in [-0.25, -0.2) is 0 Å². The third kappa shape index (κ3) is 4.13. The van der Waals surface area contributed by atoms with E-state index in [0.29, 0.717) is 6.61 Å². The van der Waals surface area contributed by atoms with E-state index in [1.54, 1.807) is 0 Å². The van der Waals surface area contributed by atoms with Crippen molar-refractivity contribution >= 4 is 32.3 Å². The lowest BCUT2D eigenvalue weighted by atomic mass is 9.84. The first-order chi connectivity index (χ1) is 19.3. The number of benzene rings is 7. The van der Waals surface area contributed by atoms with Gasteiger partial charge in [-0.05, 0) is 96.9 Å². The second kappa shape index (κ2) is 9.78. The second-order valence-corrected chi connectivity index (χ2v) is 9.94.